The molecule has 0 saturated heterocycles. The van der Waals surface area contributed by atoms with Crippen molar-refractivity contribution in [3.63, 3.8) is 0 Å². The van der Waals surface area contributed by atoms with Crippen LogP contribution in [-0.2, 0) is 11.2 Å². The van der Waals surface area contributed by atoms with Crippen LogP contribution in [0.4, 0.5) is 0 Å². The van der Waals surface area contributed by atoms with Crippen LogP contribution in [0, 0.1) is 0 Å². The van der Waals surface area contributed by atoms with Crippen molar-refractivity contribution in [3.05, 3.63) is 77.3 Å². The highest BCUT2D eigenvalue weighted by Gasteiger charge is 2.29. The zero-order chi connectivity index (χ0) is 19.5. The number of nitrogens with one attached hydrogen (secondary N) is 1. The van der Waals surface area contributed by atoms with Crippen LogP contribution >= 0.6 is 0 Å². The van der Waals surface area contributed by atoms with Crippen LogP contribution in [0.1, 0.15) is 37.1 Å². The average Bonchev–Trinajstić information content (AvgIpc) is 3.11. The zero-order valence-electron chi connectivity index (χ0n) is 15.9. The normalized spacial score (nSPS) is 18.8. The molecule has 28 heavy (non-hydrogen) atoms. The molecule has 2 aromatic carbocycles. The molecule has 0 amide bonds. The van der Waals surface area contributed by atoms with Gasteiger partial charge in [-0.3, -0.25) is 9.79 Å². The van der Waals surface area contributed by atoms with Gasteiger partial charge in [-0.1, -0.05) is 42.5 Å². The molecule has 3 aromatic rings. The molecule has 142 valence electrons. The number of para-hydroxylation sites is 2. The molecule has 0 spiro atoms. The van der Waals surface area contributed by atoms with E-state index >= 15 is 0 Å². The second-order valence-corrected chi connectivity index (χ2v) is 7.17. The van der Waals surface area contributed by atoms with Gasteiger partial charge in [0, 0.05) is 25.1 Å². The predicted octanol–water partition coefficient (Wildman–Crippen LogP) is 4.53. The molecule has 2 N–H and O–H groups in total. The quantitative estimate of drug-likeness (QED) is 0.690. The van der Waals surface area contributed by atoms with E-state index in [1.165, 1.54) is 6.92 Å². The first kappa shape index (κ1) is 18.2. The number of carbonyl (C=O) groups is 1. The number of ketones is 1. The summed E-state index contributed by atoms with van der Waals surface area (Å²) >= 11 is 0. The van der Waals surface area contributed by atoms with Gasteiger partial charge in [0.1, 0.15) is 11.6 Å². The van der Waals surface area contributed by atoms with Crippen molar-refractivity contribution in [2.24, 2.45) is 4.99 Å². The molecular formula is C23H23N3O2. The largest absolute Gasteiger partial charge is 0.511 e. The van der Waals surface area contributed by atoms with Crippen LogP contribution in [0.15, 0.2) is 70.9 Å². The van der Waals surface area contributed by atoms with E-state index in [-0.39, 0.29) is 17.5 Å². The molecule has 0 bridgehead atoms. The van der Waals surface area contributed by atoms with Gasteiger partial charge in [-0.25, -0.2) is 4.98 Å². The molecule has 0 saturated carbocycles. The van der Waals surface area contributed by atoms with Crippen molar-refractivity contribution in [1.29, 1.82) is 0 Å². The topological polar surface area (TPSA) is 78.3 Å². The number of H-pyrrole nitrogens is 1. The van der Waals surface area contributed by atoms with Gasteiger partial charge < -0.3 is 10.1 Å². The van der Waals surface area contributed by atoms with Gasteiger partial charge in [0.2, 0.25) is 0 Å². The summed E-state index contributed by atoms with van der Waals surface area (Å²) < 4.78 is 0. The summed E-state index contributed by atoms with van der Waals surface area (Å²) in [5.41, 5.74) is 4.18. The second kappa shape index (κ2) is 7.80. The summed E-state index contributed by atoms with van der Waals surface area (Å²) in [5.74, 6) is 1.02. The van der Waals surface area contributed by atoms with Crippen molar-refractivity contribution >= 4 is 22.5 Å². The summed E-state index contributed by atoms with van der Waals surface area (Å²) in [4.78, 5) is 24.7. The Morgan fingerprint density at radius 2 is 1.89 bits per heavy atom. The van der Waals surface area contributed by atoms with Crippen molar-refractivity contribution in [2.75, 3.05) is 6.54 Å². The van der Waals surface area contributed by atoms with Crippen LogP contribution in [0.2, 0.25) is 0 Å². The van der Waals surface area contributed by atoms with E-state index in [0.29, 0.717) is 37.1 Å². The van der Waals surface area contributed by atoms with Crippen LogP contribution in [0.5, 0.6) is 0 Å². The van der Waals surface area contributed by atoms with Gasteiger partial charge in [0.05, 0.1) is 16.6 Å². The van der Waals surface area contributed by atoms with Gasteiger partial charge in [-0.15, -0.1) is 0 Å². The first-order chi connectivity index (χ1) is 13.6. The number of aromatic amines is 1. The predicted molar refractivity (Wildman–Crippen MR) is 111 cm³/mol. The van der Waals surface area contributed by atoms with Crippen molar-refractivity contribution in [2.45, 2.75) is 32.1 Å². The Hall–Kier alpha value is -3.21. The van der Waals surface area contributed by atoms with Gasteiger partial charge in [-0.05, 0) is 37.0 Å². The third-order valence-corrected chi connectivity index (χ3v) is 5.17. The number of hydrogen-bond acceptors (Lipinski definition) is 4. The van der Waals surface area contributed by atoms with E-state index in [4.69, 9.17) is 4.99 Å². The number of hydrogen-bond donors (Lipinski definition) is 2. The first-order valence-electron chi connectivity index (χ1n) is 9.57. The van der Waals surface area contributed by atoms with E-state index in [1.54, 1.807) is 0 Å². The Labute approximate surface area is 163 Å². The number of allylic oxidation sites excluding steroid dienone is 2. The van der Waals surface area contributed by atoms with Crippen molar-refractivity contribution in [1.82, 2.24) is 9.97 Å². The van der Waals surface area contributed by atoms with Crippen molar-refractivity contribution in [3.8, 4) is 0 Å². The molecule has 0 fully saturated rings. The lowest BCUT2D eigenvalue weighted by atomic mass is 9.81. The minimum atomic E-state index is -0.133. The Balaban J connectivity index is 1.55. The van der Waals surface area contributed by atoms with Gasteiger partial charge in [-0.2, -0.15) is 0 Å². The molecule has 5 nitrogen and oxygen atoms in total. The number of rotatable bonds is 5. The molecule has 1 aromatic heterocycles. The van der Waals surface area contributed by atoms with Crippen molar-refractivity contribution < 1.29 is 9.90 Å². The van der Waals surface area contributed by atoms with Crippen LogP contribution in [-0.4, -0.2) is 33.1 Å². The highest BCUT2D eigenvalue weighted by Crippen LogP contribution is 2.34. The Morgan fingerprint density at radius 1 is 1.14 bits per heavy atom. The first-order valence-corrected chi connectivity index (χ1v) is 9.57. The highest BCUT2D eigenvalue weighted by atomic mass is 16.3. The minimum Gasteiger partial charge on any atom is -0.511 e. The number of carbonyl (C=O) groups excluding carboxylic acids is 1. The SMILES string of the molecule is CC(=O)C1=C(O)CC(c2ccccc2)CC1=NCCc1nc2ccccc2[nH]1. The molecule has 0 aliphatic heterocycles. The maximum atomic E-state index is 12.1. The molecule has 4 rings (SSSR count). The highest BCUT2D eigenvalue weighted by molar-refractivity contribution is 6.22. The van der Waals surface area contributed by atoms with E-state index in [2.05, 4.69) is 22.1 Å². The maximum Gasteiger partial charge on any atom is 0.164 e. The zero-order valence-corrected chi connectivity index (χ0v) is 15.9. The van der Waals surface area contributed by atoms with Gasteiger partial charge in [0.15, 0.2) is 5.78 Å². The fourth-order valence-electron chi connectivity index (χ4n) is 3.84. The lowest BCUT2D eigenvalue weighted by Crippen LogP contribution is -2.23. The van der Waals surface area contributed by atoms with E-state index in [9.17, 15) is 9.90 Å². The average molecular weight is 373 g/mol. The second-order valence-electron chi connectivity index (χ2n) is 7.17. The van der Waals surface area contributed by atoms with Crippen LogP contribution < -0.4 is 0 Å². The number of benzene rings is 2. The number of imidazole rings is 1. The van der Waals surface area contributed by atoms with Gasteiger partial charge in [0.25, 0.3) is 0 Å². The number of aliphatic hydroxyl groups excluding tert-OH is 1. The smallest absolute Gasteiger partial charge is 0.164 e. The Bertz CT molecular complexity index is 1030. The van der Waals surface area contributed by atoms with Crippen LogP contribution in [0.3, 0.4) is 0 Å². The van der Waals surface area contributed by atoms with E-state index in [0.717, 1.165) is 22.4 Å². The van der Waals surface area contributed by atoms with Gasteiger partial charge >= 0.3 is 0 Å². The van der Waals surface area contributed by atoms with E-state index in [1.807, 2.05) is 42.5 Å². The Kier molecular flexibility index (Phi) is 5.06. The standard InChI is InChI=1S/C23H23N3O2/c1-15(27)23-20(13-17(14-21(23)28)16-7-3-2-4-8-16)24-12-11-22-25-18-9-5-6-10-19(18)26-22/h2-10,17,28H,11-14H2,1H3,(H,25,26). The number of Topliss-reactive ketones (excluding diaryl/α,β-unsaturated/α-hetero) is 1. The molecule has 0 radical (unpaired) electrons. The number of aromatic nitrogens is 2. The number of aliphatic imine (C=N–C) groups is 1. The number of nitrogens with zero attached hydrogens (tertiary/aromatic N) is 2. The monoisotopic (exact) mass is 373 g/mol. The summed E-state index contributed by atoms with van der Waals surface area (Å²) in [6, 6.07) is 18.0. The molecular weight excluding hydrogens is 350 g/mol. The summed E-state index contributed by atoms with van der Waals surface area (Å²) in [7, 11) is 0. The Morgan fingerprint density at radius 3 is 2.64 bits per heavy atom. The third-order valence-electron chi connectivity index (χ3n) is 5.17. The maximum absolute atomic E-state index is 12.1. The summed E-state index contributed by atoms with van der Waals surface area (Å²) in [5, 5.41) is 10.5. The minimum absolute atomic E-state index is 0.133. The van der Waals surface area contributed by atoms with E-state index < -0.39 is 0 Å². The molecule has 1 unspecified atom stereocenters. The molecule has 5 heteroatoms. The molecule has 1 aliphatic rings. The third kappa shape index (κ3) is 3.74. The lowest BCUT2D eigenvalue weighted by Gasteiger charge is -2.25. The molecule has 1 aliphatic carbocycles. The number of fused-ring (bicyclic) bond motifs is 1. The summed E-state index contributed by atoms with van der Waals surface area (Å²) in [6.07, 6.45) is 1.78. The molecule has 1 atom stereocenters. The summed E-state index contributed by atoms with van der Waals surface area (Å²) in [6.45, 7) is 2.00. The molecule has 1 heterocycles. The fraction of sp³-hybridized carbons (Fsp3) is 0.261. The number of aliphatic hydroxyl groups is 1. The van der Waals surface area contributed by atoms with Crippen LogP contribution in [0.25, 0.3) is 11.0 Å². The fourth-order valence-corrected chi connectivity index (χ4v) is 3.84. The lowest BCUT2D eigenvalue weighted by molar-refractivity contribution is -0.113.